The van der Waals surface area contributed by atoms with Crippen LogP contribution >= 0.6 is 0 Å². The molecule has 160 valence electrons. The average molecular weight is 423 g/mol. The maximum absolute atomic E-state index is 13.9. The number of benzene rings is 2. The van der Waals surface area contributed by atoms with Gasteiger partial charge in [0.1, 0.15) is 11.6 Å². The number of likely N-dealkylation sites (tertiary alicyclic amines) is 1. The molecule has 0 N–H and O–H groups in total. The highest BCUT2D eigenvalue weighted by molar-refractivity contribution is 5.94. The Labute approximate surface area is 178 Å². The molecule has 2 heterocycles. The molecule has 7 nitrogen and oxygen atoms in total. The summed E-state index contributed by atoms with van der Waals surface area (Å²) in [6, 6.07) is 12.8. The average Bonchev–Trinajstić information content (AvgIpc) is 3.22. The van der Waals surface area contributed by atoms with Crippen LogP contribution in [0.1, 0.15) is 36.0 Å². The van der Waals surface area contributed by atoms with Crippen molar-refractivity contribution < 1.29 is 23.2 Å². The molecule has 1 aliphatic rings. The van der Waals surface area contributed by atoms with Gasteiger partial charge in [0, 0.05) is 32.0 Å². The Morgan fingerprint density at radius 3 is 2.71 bits per heavy atom. The van der Waals surface area contributed by atoms with Crippen LogP contribution in [0.4, 0.5) is 4.39 Å². The van der Waals surface area contributed by atoms with Crippen LogP contribution < -0.4 is 4.74 Å². The fourth-order valence-corrected chi connectivity index (χ4v) is 3.77. The molecule has 0 spiro atoms. The van der Waals surface area contributed by atoms with Crippen LogP contribution in [0.5, 0.6) is 5.75 Å². The molecule has 1 aliphatic heterocycles. The molecule has 8 heteroatoms. The highest BCUT2D eigenvalue weighted by Gasteiger charge is 2.26. The number of piperidine rings is 1. The van der Waals surface area contributed by atoms with Crippen molar-refractivity contribution in [2.75, 3.05) is 13.1 Å². The zero-order chi connectivity index (χ0) is 21.8. The van der Waals surface area contributed by atoms with E-state index >= 15 is 0 Å². The predicted octanol–water partition coefficient (Wildman–Crippen LogP) is 3.90. The number of ether oxygens (including phenoxy) is 1. The Balaban J connectivity index is 1.39. The molecule has 0 saturated carbocycles. The summed E-state index contributed by atoms with van der Waals surface area (Å²) in [5.74, 6) is 0.361. The Morgan fingerprint density at radius 2 is 1.97 bits per heavy atom. The van der Waals surface area contributed by atoms with Gasteiger partial charge >= 0.3 is 5.97 Å². The lowest BCUT2D eigenvalue weighted by Crippen LogP contribution is -2.40. The van der Waals surface area contributed by atoms with Gasteiger partial charge in [-0.2, -0.15) is 4.98 Å². The lowest BCUT2D eigenvalue weighted by atomic mass is 9.94. The van der Waals surface area contributed by atoms with Gasteiger partial charge < -0.3 is 14.2 Å². The van der Waals surface area contributed by atoms with E-state index in [9.17, 15) is 14.0 Å². The van der Waals surface area contributed by atoms with Crippen molar-refractivity contribution in [3.05, 3.63) is 65.8 Å². The molecular weight excluding hydrogens is 401 g/mol. The summed E-state index contributed by atoms with van der Waals surface area (Å²) in [6.07, 6.45) is 2.33. The lowest BCUT2D eigenvalue weighted by Gasteiger charge is -2.32. The first kappa shape index (κ1) is 20.7. The molecule has 1 fully saturated rings. The van der Waals surface area contributed by atoms with Crippen LogP contribution in [0.2, 0.25) is 0 Å². The highest BCUT2D eigenvalue weighted by atomic mass is 19.1. The van der Waals surface area contributed by atoms with Crippen molar-refractivity contribution in [2.45, 2.75) is 26.2 Å². The van der Waals surface area contributed by atoms with Gasteiger partial charge in [-0.15, -0.1) is 0 Å². The lowest BCUT2D eigenvalue weighted by molar-refractivity contribution is -0.131. The van der Waals surface area contributed by atoms with E-state index in [-0.39, 0.29) is 17.6 Å². The minimum Gasteiger partial charge on any atom is -0.427 e. The minimum atomic E-state index is -0.405. The molecule has 0 bridgehead atoms. The quantitative estimate of drug-likeness (QED) is 0.457. The van der Waals surface area contributed by atoms with Crippen LogP contribution in [0.3, 0.4) is 0 Å². The highest BCUT2D eigenvalue weighted by Crippen LogP contribution is 2.25. The van der Waals surface area contributed by atoms with E-state index in [1.807, 2.05) is 4.90 Å². The van der Waals surface area contributed by atoms with Crippen molar-refractivity contribution in [3.63, 3.8) is 0 Å². The summed E-state index contributed by atoms with van der Waals surface area (Å²) < 4.78 is 24.3. The third kappa shape index (κ3) is 4.96. The molecule has 3 aromatic rings. The van der Waals surface area contributed by atoms with Crippen molar-refractivity contribution in [1.29, 1.82) is 0 Å². The number of carbonyl (C=O) groups is 2. The van der Waals surface area contributed by atoms with Crippen LogP contribution in [0.15, 0.2) is 53.1 Å². The summed E-state index contributed by atoms with van der Waals surface area (Å²) in [6.45, 7) is 2.57. The SMILES string of the molecule is CC(=O)Oc1ccc(C(=O)N2CCCC(Cc3nc(-c4ccccc4F)no3)C2)cc1. The number of halogens is 1. The molecule has 31 heavy (non-hydrogen) atoms. The van der Waals surface area contributed by atoms with Crippen molar-refractivity contribution in [2.24, 2.45) is 5.92 Å². The number of nitrogens with zero attached hydrogens (tertiary/aromatic N) is 3. The number of hydrogen-bond donors (Lipinski definition) is 0. The number of rotatable bonds is 5. The summed E-state index contributed by atoms with van der Waals surface area (Å²) in [5.41, 5.74) is 0.839. The van der Waals surface area contributed by atoms with Crippen LogP contribution in [0.25, 0.3) is 11.4 Å². The van der Waals surface area contributed by atoms with E-state index in [1.54, 1.807) is 42.5 Å². The Hall–Kier alpha value is -3.55. The van der Waals surface area contributed by atoms with E-state index in [0.717, 1.165) is 12.8 Å². The van der Waals surface area contributed by atoms with Gasteiger partial charge in [-0.1, -0.05) is 17.3 Å². The van der Waals surface area contributed by atoms with E-state index in [0.29, 0.717) is 42.3 Å². The molecule has 0 aliphatic carbocycles. The van der Waals surface area contributed by atoms with E-state index in [4.69, 9.17) is 9.26 Å². The van der Waals surface area contributed by atoms with E-state index in [1.165, 1.54) is 13.0 Å². The first-order chi connectivity index (χ1) is 15.0. The van der Waals surface area contributed by atoms with Gasteiger partial charge in [0.2, 0.25) is 11.7 Å². The van der Waals surface area contributed by atoms with Gasteiger partial charge in [-0.25, -0.2) is 4.39 Å². The number of amides is 1. The Bertz CT molecular complexity index is 1080. The van der Waals surface area contributed by atoms with Gasteiger partial charge in [0.25, 0.3) is 5.91 Å². The molecular formula is C23H22FN3O4. The summed E-state index contributed by atoms with van der Waals surface area (Å²) in [4.78, 5) is 30.1. The molecule has 1 atom stereocenters. The molecule has 2 aromatic carbocycles. The molecule has 4 rings (SSSR count). The summed E-state index contributed by atoms with van der Waals surface area (Å²) >= 11 is 0. The third-order valence-corrected chi connectivity index (χ3v) is 5.22. The molecule has 1 saturated heterocycles. The van der Waals surface area contributed by atoms with Gasteiger partial charge in [-0.05, 0) is 55.2 Å². The normalized spacial score (nSPS) is 16.2. The number of aromatic nitrogens is 2. The first-order valence-corrected chi connectivity index (χ1v) is 10.1. The monoisotopic (exact) mass is 423 g/mol. The van der Waals surface area contributed by atoms with Gasteiger partial charge in [-0.3, -0.25) is 9.59 Å². The third-order valence-electron chi connectivity index (χ3n) is 5.22. The van der Waals surface area contributed by atoms with Gasteiger partial charge in [0.05, 0.1) is 5.56 Å². The maximum atomic E-state index is 13.9. The number of hydrogen-bond acceptors (Lipinski definition) is 6. The zero-order valence-electron chi connectivity index (χ0n) is 17.1. The smallest absolute Gasteiger partial charge is 0.308 e. The number of carbonyl (C=O) groups excluding carboxylic acids is 2. The molecule has 1 aromatic heterocycles. The molecule has 1 amide bonds. The molecule has 0 radical (unpaired) electrons. The standard InChI is InChI=1S/C23H22FN3O4/c1-15(28)30-18-10-8-17(9-11-18)23(29)27-12-4-5-16(14-27)13-21-25-22(26-31-21)19-6-2-3-7-20(19)24/h2-3,6-11,16H,4-5,12-14H2,1H3. The number of esters is 1. The van der Waals surface area contributed by atoms with Crippen LogP contribution in [-0.4, -0.2) is 40.0 Å². The van der Waals surface area contributed by atoms with Crippen molar-refractivity contribution in [3.8, 4) is 17.1 Å². The fraction of sp³-hybridized carbons (Fsp3) is 0.304. The van der Waals surface area contributed by atoms with Crippen molar-refractivity contribution >= 4 is 11.9 Å². The summed E-state index contributed by atoms with van der Waals surface area (Å²) in [5, 5.41) is 3.90. The second-order valence-corrected chi connectivity index (χ2v) is 7.57. The maximum Gasteiger partial charge on any atom is 0.308 e. The van der Waals surface area contributed by atoms with Crippen LogP contribution in [0, 0.1) is 11.7 Å². The van der Waals surface area contributed by atoms with Crippen molar-refractivity contribution in [1.82, 2.24) is 15.0 Å². The van der Waals surface area contributed by atoms with Crippen LogP contribution in [-0.2, 0) is 11.2 Å². The summed E-state index contributed by atoms with van der Waals surface area (Å²) in [7, 11) is 0. The Kier molecular flexibility index (Phi) is 6.06. The zero-order valence-corrected chi connectivity index (χ0v) is 17.1. The van der Waals surface area contributed by atoms with E-state index < -0.39 is 11.8 Å². The van der Waals surface area contributed by atoms with E-state index in [2.05, 4.69) is 10.1 Å². The second-order valence-electron chi connectivity index (χ2n) is 7.57. The fourth-order valence-electron chi connectivity index (χ4n) is 3.77. The minimum absolute atomic E-state index is 0.0725. The predicted molar refractivity (Wildman–Crippen MR) is 110 cm³/mol. The Morgan fingerprint density at radius 1 is 1.19 bits per heavy atom. The topological polar surface area (TPSA) is 85.5 Å². The molecule has 1 unspecified atom stereocenters. The first-order valence-electron chi connectivity index (χ1n) is 10.1. The largest absolute Gasteiger partial charge is 0.427 e. The second kappa shape index (κ2) is 9.07. The van der Waals surface area contributed by atoms with Gasteiger partial charge in [0.15, 0.2) is 0 Å².